The zero-order chi connectivity index (χ0) is 11.6. The molecule has 0 saturated carbocycles. The Kier molecular flexibility index (Phi) is 2.74. The Balaban J connectivity index is 2.31. The molecule has 0 aromatic carbocycles. The minimum absolute atomic E-state index is 0.553. The van der Waals surface area contributed by atoms with Crippen molar-refractivity contribution in [1.29, 1.82) is 0 Å². The third kappa shape index (κ3) is 1.96. The van der Waals surface area contributed by atoms with Gasteiger partial charge in [-0.15, -0.1) is 0 Å². The van der Waals surface area contributed by atoms with E-state index in [0.29, 0.717) is 18.7 Å². The first-order valence-corrected chi connectivity index (χ1v) is 5.15. The summed E-state index contributed by atoms with van der Waals surface area (Å²) in [5.74, 6) is 0. The fourth-order valence-electron chi connectivity index (χ4n) is 1.94. The van der Waals surface area contributed by atoms with Gasteiger partial charge in [-0.1, -0.05) is 0 Å². The van der Waals surface area contributed by atoms with Gasteiger partial charge < -0.3 is 15.7 Å². The molecule has 16 heavy (non-hydrogen) atoms. The van der Waals surface area contributed by atoms with Crippen molar-refractivity contribution in [3.8, 4) is 0 Å². The Hall–Kier alpha value is -1.69. The molecule has 6 heteroatoms. The molecule has 0 radical (unpaired) electrons. The highest BCUT2D eigenvalue weighted by molar-refractivity contribution is 5.66. The maximum Gasteiger partial charge on any atom is 0.405 e. The van der Waals surface area contributed by atoms with E-state index in [-0.39, 0.29) is 0 Å². The largest absolute Gasteiger partial charge is 0.465 e. The second kappa shape index (κ2) is 4.05. The SMILES string of the molecule is Cc1ccc([C@@]2(NC(=O)O)CCNC2)nn1. The molecule has 1 fully saturated rings. The van der Waals surface area contributed by atoms with Gasteiger partial charge in [0.15, 0.2) is 0 Å². The summed E-state index contributed by atoms with van der Waals surface area (Å²) in [5, 5.41) is 22.6. The van der Waals surface area contributed by atoms with Gasteiger partial charge in [0.25, 0.3) is 0 Å². The van der Waals surface area contributed by atoms with Gasteiger partial charge in [0.05, 0.1) is 11.4 Å². The molecule has 0 aliphatic carbocycles. The molecule has 0 spiro atoms. The maximum atomic E-state index is 10.8. The second-order valence-electron chi connectivity index (χ2n) is 4.00. The zero-order valence-corrected chi connectivity index (χ0v) is 9.03. The number of nitrogens with zero attached hydrogens (tertiary/aromatic N) is 2. The molecule has 86 valence electrons. The van der Waals surface area contributed by atoms with E-state index < -0.39 is 11.6 Å². The summed E-state index contributed by atoms with van der Waals surface area (Å²) < 4.78 is 0. The number of aryl methyl sites for hydroxylation is 1. The van der Waals surface area contributed by atoms with Crippen LogP contribution >= 0.6 is 0 Å². The molecule has 2 rings (SSSR count). The van der Waals surface area contributed by atoms with Gasteiger partial charge in [-0.05, 0) is 32.0 Å². The van der Waals surface area contributed by atoms with E-state index in [9.17, 15) is 4.79 Å². The van der Waals surface area contributed by atoms with Crippen LogP contribution in [0.25, 0.3) is 0 Å². The number of carboxylic acid groups (broad SMARTS) is 1. The number of amides is 1. The molecule has 1 aromatic heterocycles. The van der Waals surface area contributed by atoms with Crippen LogP contribution in [0.4, 0.5) is 4.79 Å². The average Bonchev–Trinajstić information content (AvgIpc) is 2.67. The molecule has 1 amide bonds. The predicted molar refractivity (Wildman–Crippen MR) is 57.1 cm³/mol. The van der Waals surface area contributed by atoms with Crippen LogP contribution < -0.4 is 10.6 Å². The molecule has 3 N–H and O–H groups in total. The molecular weight excluding hydrogens is 208 g/mol. The average molecular weight is 222 g/mol. The number of rotatable bonds is 2. The first-order chi connectivity index (χ1) is 7.62. The molecule has 1 aliphatic heterocycles. The molecular formula is C10H14N4O2. The van der Waals surface area contributed by atoms with Gasteiger partial charge in [0.1, 0.15) is 5.54 Å². The Bertz CT molecular complexity index is 384. The highest BCUT2D eigenvalue weighted by atomic mass is 16.4. The smallest absolute Gasteiger partial charge is 0.405 e. The van der Waals surface area contributed by atoms with Crippen LogP contribution in [0.1, 0.15) is 17.8 Å². The quantitative estimate of drug-likeness (QED) is 0.667. The Morgan fingerprint density at radius 3 is 2.88 bits per heavy atom. The van der Waals surface area contributed by atoms with Gasteiger partial charge >= 0.3 is 6.09 Å². The van der Waals surface area contributed by atoms with Gasteiger partial charge in [-0.2, -0.15) is 10.2 Å². The summed E-state index contributed by atoms with van der Waals surface area (Å²) in [5.41, 5.74) is 0.859. The monoisotopic (exact) mass is 222 g/mol. The van der Waals surface area contributed by atoms with Crippen LogP contribution in [0.3, 0.4) is 0 Å². The summed E-state index contributed by atoms with van der Waals surface area (Å²) in [6, 6.07) is 3.66. The van der Waals surface area contributed by atoms with Gasteiger partial charge in [-0.25, -0.2) is 4.79 Å². The van der Waals surface area contributed by atoms with E-state index >= 15 is 0 Å². The first kappa shape index (κ1) is 10.8. The number of nitrogens with one attached hydrogen (secondary N) is 2. The Morgan fingerprint density at radius 2 is 2.38 bits per heavy atom. The number of hydrogen-bond acceptors (Lipinski definition) is 4. The summed E-state index contributed by atoms with van der Waals surface area (Å²) in [6.45, 7) is 3.17. The lowest BCUT2D eigenvalue weighted by molar-refractivity contribution is 0.178. The van der Waals surface area contributed by atoms with E-state index in [0.717, 1.165) is 12.2 Å². The topological polar surface area (TPSA) is 87.1 Å². The van der Waals surface area contributed by atoms with Crippen LogP contribution in [0.5, 0.6) is 0 Å². The third-order valence-corrected chi connectivity index (χ3v) is 2.79. The summed E-state index contributed by atoms with van der Waals surface area (Å²) in [7, 11) is 0. The highest BCUT2D eigenvalue weighted by Crippen LogP contribution is 2.25. The van der Waals surface area contributed by atoms with Crippen molar-refractivity contribution in [2.45, 2.75) is 18.9 Å². The number of hydrogen-bond donors (Lipinski definition) is 3. The number of aromatic nitrogens is 2. The molecule has 1 saturated heterocycles. The molecule has 1 aliphatic rings. The van der Waals surface area contributed by atoms with Crippen LogP contribution in [-0.2, 0) is 5.54 Å². The van der Waals surface area contributed by atoms with Crippen LogP contribution in [0.2, 0.25) is 0 Å². The van der Waals surface area contributed by atoms with Gasteiger partial charge in [0.2, 0.25) is 0 Å². The highest BCUT2D eigenvalue weighted by Gasteiger charge is 2.38. The van der Waals surface area contributed by atoms with Crippen molar-refractivity contribution in [1.82, 2.24) is 20.8 Å². The van der Waals surface area contributed by atoms with E-state index in [2.05, 4.69) is 20.8 Å². The van der Waals surface area contributed by atoms with Crippen LogP contribution in [0, 0.1) is 6.92 Å². The van der Waals surface area contributed by atoms with Crippen molar-refractivity contribution in [2.24, 2.45) is 0 Å². The van der Waals surface area contributed by atoms with E-state index in [4.69, 9.17) is 5.11 Å². The van der Waals surface area contributed by atoms with Crippen molar-refractivity contribution in [3.63, 3.8) is 0 Å². The Labute approximate surface area is 93.1 Å². The third-order valence-electron chi connectivity index (χ3n) is 2.79. The molecule has 1 aromatic rings. The normalized spacial score (nSPS) is 24.3. The minimum Gasteiger partial charge on any atom is -0.465 e. The molecule has 0 bridgehead atoms. The molecule has 6 nitrogen and oxygen atoms in total. The lowest BCUT2D eigenvalue weighted by Crippen LogP contribution is -2.47. The predicted octanol–water partition coefficient (Wildman–Crippen LogP) is 0.241. The van der Waals surface area contributed by atoms with Gasteiger partial charge in [0, 0.05) is 6.54 Å². The number of carbonyl (C=O) groups is 1. The van der Waals surface area contributed by atoms with Crippen LogP contribution in [0.15, 0.2) is 12.1 Å². The zero-order valence-electron chi connectivity index (χ0n) is 9.03. The Morgan fingerprint density at radius 1 is 1.56 bits per heavy atom. The maximum absolute atomic E-state index is 10.8. The van der Waals surface area contributed by atoms with Crippen molar-refractivity contribution >= 4 is 6.09 Å². The summed E-state index contributed by atoms with van der Waals surface area (Å²) in [4.78, 5) is 10.8. The summed E-state index contributed by atoms with van der Waals surface area (Å²) >= 11 is 0. The van der Waals surface area contributed by atoms with E-state index in [1.807, 2.05) is 19.1 Å². The molecule has 1 atom stereocenters. The summed E-state index contributed by atoms with van der Waals surface area (Å²) in [6.07, 6.45) is -0.345. The minimum atomic E-state index is -1.04. The fourth-order valence-corrected chi connectivity index (χ4v) is 1.94. The van der Waals surface area contributed by atoms with Crippen molar-refractivity contribution in [3.05, 3.63) is 23.5 Å². The van der Waals surface area contributed by atoms with Crippen LogP contribution in [-0.4, -0.2) is 34.5 Å². The first-order valence-electron chi connectivity index (χ1n) is 5.15. The molecule has 2 heterocycles. The second-order valence-corrected chi connectivity index (χ2v) is 4.00. The lowest BCUT2D eigenvalue weighted by atomic mass is 9.94. The molecule has 0 unspecified atom stereocenters. The lowest BCUT2D eigenvalue weighted by Gasteiger charge is -2.26. The fraction of sp³-hybridized carbons (Fsp3) is 0.500. The standard InChI is InChI=1S/C10H14N4O2/c1-7-2-3-8(14-13-7)10(12-9(15)16)4-5-11-6-10/h2-3,11-12H,4-6H2,1H3,(H,15,16)/t10-/m1/s1. The van der Waals surface area contributed by atoms with E-state index in [1.54, 1.807) is 0 Å². The van der Waals surface area contributed by atoms with Crippen molar-refractivity contribution < 1.29 is 9.90 Å². The van der Waals surface area contributed by atoms with Gasteiger partial charge in [-0.3, -0.25) is 0 Å². The van der Waals surface area contributed by atoms with Crippen molar-refractivity contribution in [2.75, 3.05) is 13.1 Å². The van der Waals surface area contributed by atoms with E-state index in [1.165, 1.54) is 0 Å².